The normalized spacial score (nSPS) is 16.0. The number of piperidine rings is 1. The van der Waals surface area contributed by atoms with Gasteiger partial charge in [0.05, 0.1) is 0 Å². The maximum Gasteiger partial charge on any atom is 0.178 e. The van der Waals surface area contributed by atoms with Crippen LogP contribution in [0.5, 0.6) is 0 Å². The fourth-order valence-electron chi connectivity index (χ4n) is 3.69. The topological polar surface area (TPSA) is 89.9 Å². The molecule has 0 spiro atoms. The summed E-state index contributed by atoms with van der Waals surface area (Å²) in [5.41, 5.74) is 1.92. The number of nitrogens with zero attached hydrogens (tertiary/aromatic N) is 9. The van der Waals surface area contributed by atoms with Crippen LogP contribution < -0.4 is 0 Å². The summed E-state index contributed by atoms with van der Waals surface area (Å²) < 4.78 is 3.61. The Balaban J connectivity index is 1.31. The summed E-state index contributed by atoms with van der Waals surface area (Å²) in [6, 6.07) is 5.73. The van der Waals surface area contributed by atoms with Gasteiger partial charge in [-0.15, -0.1) is 15.3 Å². The van der Waals surface area contributed by atoms with Crippen molar-refractivity contribution in [2.75, 3.05) is 13.1 Å². The number of aromatic nitrogens is 8. The van der Waals surface area contributed by atoms with Crippen molar-refractivity contribution < 1.29 is 0 Å². The molecule has 0 bridgehead atoms. The Labute approximate surface area is 162 Å². The van der Waals surface area contributed by atoms with Crippen LogP contribution in [0.25, 0.3) is 11.5 Å². The van der Waals surface area contributed by atoms with Gasteiger partial charge in [-0.3, -0.25) is 4.90 Å². The molecule has 9 heteroatoms. The summed E-state index contributed by atoms with van der Waals surface area (Å²) >= 11 is 0. The van der Waals surface area contributed by atoms with Gasteiger partial charge in [0.2, 0.25) is 0 Å². The molecule has 0 saturated carbocycles. The van der Waals surface area contributed by atoms with Gasteiger partial charge >= 0.3 is 0 Å². The summed E-state index contributed by atoms with van der Waals surface area (Å²) in [4.78, 5) is 11.0. The fourth-order valence-corrected chi connectivity index (χ4v) is 3.69. The van der Waals surface area contributed by atoms with E-state index in [-0.39, 0.29) is 0 Å². The van der Waals surface area contributed by atoms with E-state index < -0.39 is 0 Å². The first-order valence-electron chi connectivity index (χ1n) is 9.48. The monoisotopic (exact) mass is 375 g/mol. The van der Waals surface area contributed by atoms with E-state index in [0.717, 1.165) is 61.2 Å². The lowest BCUT2D eigenvalue weighted by Gasteiger charge is -2.30. The predicted molar refractivity (Wildman–Crippen MR) is 102 cm³/mol. The van der Waals surface area contributed by atoms with Crippen molar-refractivity contribution in [2.45, 2.75) is 32.2 Å². The molecular formula is C19H21N9. The Morgan fingerprint density at radius 3 is 2.64 bits per heavy atom. The first-order valence-corrected chi connectivity index (χ1v) is 9.48. The van der Waals surface area contributed by atoms with Crippen molar-refractivity contribution in [1.82, 2.24) is 44.5 Å². The molecule has 0 unspecified atom stereocenters. The van der Waals surface area contributed by atoms with E-state index in [1.165, 1.54) is 0 Å². The Kier molecular flexibility index (Phi) is 4.28. The molecule has 142 valence electrons. The Morgan fingerprint density at radius 1 is 1.07 bits per heavy atom. The zero-order chi connectivity index (χ0) is 18.9. The molecule has 5 heterocycles. The van der Waals surface area contributed by atoms with E-state index >= 15 is 0 Å². The smallest absolute Gasteiger partial charge is 0.178 e. The first-order chi connectivity index (χ1) is 13.8. The van der Waals surface area contributed by atoms with Crippen LogP contribution in [-0.2, 0) is 6.54 Å². The quantitative estimate of drug-likeness (QED) is 0.537. The van der Waals surface area contributed by atoms with Crippen molar-refractivity contribution in [2.24, 2.45) is 0 Å². The Hall–Kier alpha value is -3.20. The highest BCUT2D eigenvalue weighted by Crippen LogP contribution is 2.27. The summed E-state index contributed by atoms with van der Waals surface area (Å²) in [5.74, 6) is 2.85. The molecule has 0 N–H and O–H groups in total. The molecular weight excluding hydrogens is 354 g/mol. The molecule has 0 aromatic carbocycles. The minimum Gasteiger partial charge on any atom is -0.299 e. The summed E-state index contributed by atoms with van der Waals surface area (Å²) in [7, 11) is 0. The maximum absolute atomic E-state index is 4.71. The second-order valence-corrected chi connectivity index (χ2v) is 7.16. The Bertz CT molecular complexity index is 1060. The van der Waals surface area contributed by atoms with Gasteiger partial charge in [0.15, 0.2) is 17.3 Å². The number of hydrogen-bond donors (Lipinski definition) is 0. The van der Waals surface area contributed by atoms with Gasteiger partial charge in [-0.05, 0) is 51.1 Å². The minimum absolute atomic E-state index is 0.348. The van der Waals surface area contributed by atoms with Gasteiger partial charge in [-0.25, -0.2) is 14.6 Å². The zero-order valence-electron chi connectivity index (χ0n) is 15.7. The second kappa shape index (κ2) is 7.08. The van der Waals surface area contributed by atoms with Gasteiger partial charge in [0.25, 0.3) is 0 Å². The highest BCUT2D eigenvalue weighted by atomic mass is 15.4. The molecule has 1 aliphatic heterocycles. The average Bonchev–Trinajstić information content (AvgIpc) is 3.40. The van der Waals surface area contributed by atoms with Crippen LogP contribution in [0.2, 0.25) is 0 Å². The molecule has 9 nitrogen and oxygen atoms in total. The highest BCUT2D eigenvalue weighted by Gasteiger charge is 2.25. The predicted octanol–water partition coefficient (Wildman–Crippen LogP) is 1.79. The van der Waals surface area contributed by atoms with Gasteiger partial charge in [-0.1, -0.05) is 0 Å². The van der Waals surface area contributed by atoms with Crippen LogP contribution in [0, 0.1) is 6.92 Å². The summed E-state index contributed by atoms with van der Waals surface area (Å²) in [6.07, 6.45) is 9.52. The van der Waals surface area contributed by atoms with Crippen LogP contribution in [-0.4, -0.2) is 57.5 Å². The van der Waals surface area contributed by atoms with Gasteiger partial charge in [0, 0.05) is 42.8 Å². The molecule has 5 rings (SSSR count). The van der Waals surface area contributed by atoms with Crippen molar-refractivity contribution >= 4 is 5.65 Å². The molecule has 0 amide bonds. The van der Waals surface area contributed by atoms with Crippen LogP contribution in [0.1, 0.15) is 36.0 Å². The van der Waals surface area contributed by atoms with Crippen LogP contribution in [0.4, 0.5) is 0 Å². The maximum atomic E-state index is 4.71. The number of rotatable bonds is 4. The highest BCUT2D eigenvalue weighted by molar-refractivity contribution is 5.39. The van der Waals surface area contributed by atoms with Crippen LogP contribution in [0.3, 0.4) is 0 Å². The van der Waals surface area contributed by atoms with Crippen molar-refractivity contribution in [1.29, 1.82) is 0 Å². The standard InChI is InChI=1S/C19H21N9/c1-14-20-11-15(12-21-14)13-26-9-5-16(6-10-26)19-24-23-17-3-4-18(25-28(17)19)27-8-2-7-22-27/h2-4,7-8,11-12,16H,5-6,9-10,13H2,1H3. The molecule has 0 aliphatic carbocycles. The number of hydrogen-bond acceptors (Lipinski definition) is 7. The lowest BCUT2D eigenvalue weighted by atomic mass is 9.96. The van der Waals surface area contributed by atoms with E-state index in [4.69, 9.17) is 5.10 Å². The molecule has 1 fully saturated rings. The van der Waals surface area contributed by atoms with E-state index in [1.54, 1.807) is 10.9 Å². The number of likely N-dealkylation sites (tertiary alicyclic amines) is 1. The molecule has 4 aromatic heterocycles. The lowest BCUT2D eigenvalue weighted by molar-refractivity contribution is 0.200. The minimum atomic E-state index is 0.348. The third-order valence-electron chi connectivity index (χ3n) is 5.21. The third-order valence-corrected chi connectivity index (χ3v) is 5.21. The van der Waals surface area contributed by atoms with E-state index in [2.05, 4.69) is 30.2 Å². The molecule has 1 saturated heterocycles. The SMILES string of the molecule is Cc1ncc(CN2CCC(c3nnc4ccc(-n5cccn5)nn34)CC2)cn1. The first kappa shape index (κ1) is 16.9. The third kappa shape index (κ3) is 3.24. The van der Waals surface area contributed by atoms with E-state index in [1.807, 2.05) is 48.2 Å². The summed E-state index contributed by atoms with van der Waals surface area (Å²) in [6.45, 7) is 4.80. The largest absolute Gasteiger partial charge is 0.299 e. The molecule has 4 aromatic rings. The van der Waals surface area contributed by atoms with Gasteiger partial charge < -0.3 is 0 Å². The number of fused-ring (bicyclic) bond motifs is 1. The molecule has 0 atom stereocenters. The van der Waals surface area contributed by atoms with Crippen molar-refractivity contribution in [3.8, 4) is 5.82 Å². The molecule has 28 heavy (non-hydrogen) atoms. The summed E-state index contributed by atoms with van der Waals surface area (Å²) in [5, 5.41) is 17.7. The van der Waals surface area contributed by atoms with Crippen molar-refractivity contribution in [3.05, 3.63) is 60.2 Å². The second-order valence-electron chi connectivity index (χ2n) is 7.16. The van der Waals surface area contributed by atoms with Gasteiger partial charge in [-0.2, -0.15) is 9.61 Å². The Morgan fingerprint density at radius 2 is 1.89 bits per heavy atom. The number of aryl methyl sites for hydroxylation is 1. The van der Waals surface area contributed by atoms with Crippen LogP contribution in [0.15, 0.2) is 43.0 Å². The fraction of sp³-hybridized carbons (Fsp3) is 0.368. The van der Waals surface area contributed by atoms with Gasteiger partial charge in [0.1, 0.15) is 5.82 Å². The lowest BCUT2D eigenvalue weighted by Crippen LogP contribution is -2.33. The van der Waals surface area contributed by atoms with Crippen LogP contribution >= 0.6 is 0 Å². The van der Waals surface area contributed by atoms with Crippen molar-refractivity contribution in [3.63, 3.8) is 0 Å². The molecule has 1 aliphatic rings. The zero-order valence-corrected chi connectivity index (χ0v) is 15.7. The van der Waals surface area contributed by atoms with E-state index in [0.29, 0.717) is 5.92 Å². The molecule has 0 radical (unpaired) electrons. The van der Waals surface area contributed by atoms with E-state index in [9.17, 15) is 0 Å². The average molecular weight is 375 g/mol.